The summed E-state index contributed by atoms with van der Waals surface area (Å²) >= 11 is 0. The molecule has 10 aliphatic heterocycles. The first-order valence-electron chi connectivity index (χ1n) is 12.5. The minimum atomic E-state index is -2.88. The van der Waals surface area contributed by atoms with Crippen LogP contribution < -0.4 is 0 Å². The van der Waals surface area contributed by atoms with Gasteiger partial charge in [-0.25, -0.2) is 0 Å². The molecule has 12 fully saturated rings. The van der Waals surface area contributed by atoms with Crippen molar-refractivity contribution in [3.63, 3.8) is 0 Å². The van der Waals surface area contributed by atoms with Crippen molar-refractivity contribution in [1.29, 1.82) is 0 Å². The fourth-order valence-corrected chi connectivity index (χ4v) is 104. The van der Waals surface area contributed by atoms with Crippen LogP contribution in [-0.2, 0) is 6.51 Å². The molecule has 0 bridgehead atoms. The zero-order valence-corrected chi connectivity index (χ0v) is 18.3. The zero-order chi connectivity index (χ0) is 16.4. The molecule has 5 unspecified atom stereocenters. The Morgan fingerprint density at radius 2 is 1.08 bits per heavy atom. The Balaban J connectivity index is 1.09. The molecular weight excluding hydrogens is 375 g/mol. The Morgan fingerprint density at radius 1 is 0.654 bits per heavy atom. The molecule has 0 aromatic carbocycles. The average Bonchev–Trinajstić information content (AvgIpc) is 3.63. The molecule has 12 aliphatic rings. The molecule has 0 amide bonds. The zero-order valence-electron chi connectivity index (χ0n) is 16.3. The molecule has 10 saturated heterocycles. The second-order valence-corrected chi connectivity index (χ2v) is 42.2. The van der Waals surface area contributed by atoms with Crippen LogP contribution in [0.3, 0.4) is 0 Å². The van der Waals surface area contributed by atoms with Gasteiger partial charge in [-0.1, -0.05) is 0 Å². The molecule has 5 atom stereocenters. The van der Waals surface area contributed by atoms with Crippen LogP contribution in [0.15, 0.2) is 0 Å². The Hall–Kier alpha value is 0.949. The van der Waals surface area contributed by atoms with Crippen LogP contribution in [0.1, 0.15) is 71.1 Å². The summed E-state index contributed by atoms with van der Waals surface area (Å²) in [6, 6.07) is 0. The summed E-state index contributed by atoms with van der Waals surface area (Å²) in [6.07, 6.45) is 16.2. The minimum absolute atomic E-state index is 0.371. The molecule has 0 nitrogen and oxygen atoms in total. The van der Waals surface area contributed by atoms with Gasteiger partial charge in [0.15, 0.2) is 0 Å². The van der Waals surface area contributed by atoms with E-state index in [-0.39, 0.29) is 0 Å². The van der Waals surface area contributed by atoms with Gasteiger partial charge in [0.05, 0.1) is 0 Å². The molecule has 0 aromatic heterocycles. The van der Waals surface area contributed by atoms with E-state index in [9.17, 15) is 0 Å². The van der Waals surface area contributed by atoms with Crippen LogP contribution in [0.5, 0.6) is 0 Å². The Kier molecular flexibility index (Phi) is 0.768. The molecule has 144 valence electrons. The van der Waals surface area contributed by atoms with Crippen molar-refractivity contribution < 1.29 is 6.51 Å². The van der Waals surface area contributed by atoms with E-state index < -0.39 is 6.51 Å². The summed E-state index contributed by atoms with van der Waals surface area (Å²) in [5.41, 5.74) is 3.76. The summed E-state index contributed by atoms with van der Waals surface area (Å²) in [6.45, 7) is 0.0850. The van der Waals surface area contributed by atoms with Crippen molar-refractivity contribution in [3.05, 3.63) is 0 Å². The summed E-state index contributed by atoms with van der Waals surface area (Å²) in [4.78, 5) is 14.0. The van der Waals surface area contributed by atoms with Gasteiger partial charge in [0.2, 0.25) is 0 Å². The molecule has 0 N–H and O–H groups in total. The van der Waals surface area contributed by atoms with Gasteiger partial charge in [-0.2, -0.15) is 0 Å². The third-order valence-corrected chi connectivity index (χ3v) is 66.9. The summed E-state index contributed by atoms with van der Waals surface area (Å²) in [5, 5.41) is 0. The van der Waals surface area contributed by atoms with E-state index >= 15 is 0 Å². The average molecular weight is 410 g/mol. The van der Waals surface area contributed by atoms with Gasteiger partial charge in [-0.05, 0) is 0 Å². The van der Waals surface area contributed by atoms with E-state index in [1.807, 2.05) is 0 Å². The molecule has 0 radical (unpaired) electrons. The fourth-order valence-electron chi connectivity index (χ4n) is 21.5. The van der Waals surface area contributed by atoms with E-state index in [1.165, 1.54) is 21.3 Å². The number of fused-ring (bicyclic) bond motifs is 10. The predicted molar refractivity (Wildman–Crippen MR) is 107 cm³/mol. The van der Waals surface area contributed by atoms with Crippen molar-refractivity contribution >= 4 is 7.92 Å². The van der Waals surface area contributed by atoms with Gasteiger partial charge in [0, 0.05) is 0 Å². The Labute approximate surface area is 150 Å². The molecule has 2 heteroatoms. The number of hydrogen-bond acceptors (Lipinski definition) is 0. The summed E-state index contributed by atoms with van der Waals surface area (Å²) in [5.74, 6) is 0. The third kappa shape index (κ3) is 0.233. The maximum atomic E-state index is 2.97. The normalized spacial score (nSPS) is 92.2. The Morgan fingerprint density at radius 3 is 1.38 bits per heavy atom. The van der Waals surface area contributed by atoms with Gasteiger partial charge in [-0.3, -0.25) is 0 Å². The van der Waals surface area contributed by atoms with E-state index in [1.54, 1.807) is 108 Å². The van der Waals surface area contributed by atoms with Gasteiger partial charge in [0.25, 0.3) is 0 Å². The molecular formula is C24H35FeP. The number of rotatable bonds is 4. The molecule has 1 spiro atoms. The van der Waals surface area contributed by atoms with Crippen molar-refractivity contribution in [3.8, 4) is 0 Å². The summed E-state index contributed by atoms with van der Waals surface area (Å²) in [7, 11) is 0.371. The van der Waals surface area contributed by atoms with Crippen LogP contribution in [-0.4, -0.2) is 17.0 Å². The molecule has 0 aromatic rings. The summed E-state index contributed by atoms with van der Waals surface area (Å²) < 4.78 is 1.21. The third-order valence-electron chi connectivity index (χ3n) is 19.9. The molecule has 12 rings (SSSR count). The van der Waals surface area contributed by atoms with Gasteiger partial charge < -0.3 is 0 Å². The first kappa shape index (κ1) is 12.6. The van der Waals surface area contributed by atoms with Crippen LogP contribution >= 0.6 is 7.92 Å². The second-order valence-electron chi connectivity index (χ2n) is 15.4. The van der Waals surface area contributed by atoms with E-state index in [0.29, 0.717) is 7.92 Å². The topological polar surface area (TPSA) is 0 Å². The van der Waals surface area contributed by atoms with Crippen molar-refractivity contribution in [1.82, 2.24) is 0 Å². The van der Waals surface area contributed by atoms with Crippen molar-refractivity contribution in [2.24, 2.45) is 0 Å². The predicted octanol–water partition coefficient (Wildman–Crippen LogP) is 8.28. The van der Waals surface area contributed by atoms with Crippen LogP contribution in [0.2, 0.25) is 47.7 Å². The van der Waals surface area contributed by atoms with Gasteiger partial charge >= 0.3 is 150 Å². The van der Waals surface area contributed by atoms with E-state index in [0.717, 1.165) is 0 Å². The monoisotopic (exact) mass is 410 g/mol. The van der Waals surface area contributed by atoms with Crippen LogP contribution in [0, 0.1) is 0 Å². The molecule has 26 heavy (non-hydrogen) atoms. The SMILES string of the molecule is CC(P(C1CCCCC1)C1CCCCC1)[C]12[CH]3[CH]4[CH]5[CH]1[Fe]45321678[CH]2[CH]1[CH]6[CH]7[CH]28. The first-order valence-corrected chi connectivity index (χ1v) is 20.4. The Bertz CT molecular complexity index is 1080. The quantitative estimate of drug-likeness (QED) is 0.323. The van der Waals surface area contributed by atoms with Crippen molar-refractivity contribution in [2.75, 3.05) is 0 Å². The molecule has 10 heterocycles. The second kappa shape index (κ2) is 1.59. The molecule has 2 aliphatic carbocycles. The van der Waals surface area contributed by atoms with Gasteiger partial charge in [0.1, 0.15) is 0 Å². The van der Waals surface area contributed by atoms with Crippen LogP contribution in [0.25, 0.3) is 0 Å². The molecule has 2 saturated carbocycles. The van der Waals surface area contributed by atoms with Crippen LogP contribution in [0.4, 0.5) is 0 Å². The van der Waals surface area contributed by atoms with E-state index in [4.69, 9.17) is 0 Å². The first-order chi connectivity index (χ1) is 12.5. The maximum absolute atomic E-state index is 2.97. The van der Waals surface area contributed by atoms with E-state index in [2.05, 4.69) is 6.92 Å². The standard InChI is InChI=1S/C19H30P.C5H5.Fe/c1-16(17-10-8-9-11-17)20(18-12-4-2-5-13-18)19-14-6-3-7-15-19;1-2-4-5-3-1;/h8-11,16,18-19H,2-7,12-15H2,1H3;1-5H;. The number of hydrogen-bond donors (Lipinski definition) is 0. The van der Waals surface area contributed by atoms with Crippen molar-refractivity contribution in [2.45, 2.75) is 136 Å². The van der Waals surface area contributed by atoms with Gasteiger partial charge in [-0.15, -0.1) is 0 Å². The fraction of sp³-hybridized carbons (Fsp3) is 1.00.